The van der Waals surface area contributed by atoms with Crippen molar-refractivity contribution in [2.75, 3.05) is 4.90 Å². The Morgan fingerprint density at radius 3 is 1.63 bits per heavy atom. The molecule has 0 aliphatic carbocycles. The Morgan fingerprint density at radius 1 is 0.447 bits per heavy atom. The SMILES string of the molecule is CCCCc1c(N2c3cc(-n4c5ccccc5c5cc(C(C)(C)C)ccc54)ccc3B3c4ccc(-n5c6ccccc6c6cc(C(C)(C)C)ccc65)cc4Oc4cc(C(C)(C)C)cc2c43)ccc2sc3ccccc3c12. The minimum absolute atomic E-state index is 0.0204. The number of thiophene rings is 1. The van der Waals surface area contributed by atoms with Crippen LogP contribution >= 0.6 is 11.3 Å². The molecule has 374 valence electrons. The lowest BCUT2D eigenvalue weighted by Crippen LogP contribution is -2.59. The van der Waals surface area contributed by atoms with Gasteiger partial charge < -0.3 is 18.8 Å². The number of rotatable bonds is 6. The third-order valence-electron chi connectivity index (χ3n) is 16.9. The summed E-state index contributed by atoms with van der Waals surface area (Å²) in [6, 6.07) is 65.1. The van der Waals surface area contributed by atoms with Crippen molar-refractivity contribution in [1.82, 2.24) is 9.13 Å². The molecule has 12 aromatic rings. The number of nitrogens with zero attached hydrogens (tertiary/aromatic N) is 3. The average Bonchev–Trinajstić information content (AvgIpc) is 4.07. The molecule has 0 saturated carbocycles. The molecule has 14 rings (SSSR count). The molecule has 76 heavy (non-hydrogen) atoms. The summed E-state index contributed by atoms with van der Waals surface area (Å²) in [6.45, 7) is 23.1. The standard InChI is InChI=1S/C70H64BN3OS/c1-11-12-19-49-57(34-35-65-66(49)50-22-15-18-25-64(50)76-65)74-60-40-45(72-55-23-16-13-20-47(55)51-36-42(68(2,3)4)26-32-58(51)72)28-30-53(60)71-54-31-29-46(41-62(54)75-63-39-44(70(8,9)10)38-61(74)67(63)71)73-56-24-17-14-21-48(56)52-37-43(69(5,6)7)27-33-59(52)73/h13-18,20-41H,11-12,19H2,1-10H3. The molecule has 6 heteroatoms. The molecule has 0 radical (unpaired) electrons. The minimum atomic E-state index is -0.164. The van der Waals surface area contributed by atoms with Crippen molar-refractivity contribution in [3.63, 3.8) is 0 Å². The van der Waals surface area contributed by atoms with Gasteiger partial charge >= 0.3 is 0 Å². The largest absolute Gasteiger partial charge is 0.458 e. The van der Waals surface area contributed by atoms with Crippen molar-refractivity contribution in [3.05, 3.63) is 192 Å². The van der Waals surface area contributed by atoms with E-state index >= 15 is 0 Å². The van der Waals surface area contributed by atoms with E-state index in [1.54, 1.807) is 0 Å². The third-order valence-corrected chi connectivity index (χ3v) is 18.0. The zero-order chi connectivity index (χ0) is 52.2. The van der Waals surface area contributed by atoms with Crippen LogP contribution in [0.4, 0.5) is 17.1 Å². The predicted molar refractivity (Wildman–Crippen MR) is 329 cm³/mol. The zero-order valence-electron chi connectivity index (χ0n) is 45.5. The van der Waals surface area contributed by atoms with E-state index in [2.05, 4.69) is 253 Å². The highest BCUT2D eigenvalue weighted by Gasteiger charge is 2.44. The smallest absolute Gasteiger partial charge is 0.256 e. The zero-order valence-corrected chi connectivity index (χ0v) is 46.3. The molecule has 0 N–H and O–H groups in total. The molecular formula is C70H64BN3OS. The van der Waals surface area contributed by atoms with Crippen molar-refractivity contribution in [3.8, 4) is 22.9 Å². The number of unbranched alkanes of at least 4 members (excludes halogenated alkanes) is 1. The second-order valence-electron chi connectivity index (χ2n) is 24.8. The van der Waals surface area contributed by atoms with Crippen LogP contribution in [0.5, 0.6) is 11.5 Å². The number of para-hydroxylation sites is 2. The lowest BCUT2D eigenvalue weighted by molar-refractivity contribution is 0.483. The van der Waals surface area contributed by atoms with Crippen molar-refractivity contribution in [1.29, 1.82) is 0 Å². The van der Waals surface area contributed by atoms with Crippen LogP contribution in [0, 0.1) is 0 Å². The number of ether oxygens (including phenoxy) is 1. The summed E-state index contributed by atoms with van der Waals surface area (Å²) in [5, 5.41) is 7.81. The number of fused-ring (bicyclic) bond motifs is 13. The fourth-order valence-corrected chi connectivity index (χ4v) is 14.0. The molecule has 0 saturated heterocycles. The first kappa shape index (κ1) is 47.0. The molecule has 3 aromatic heterocycles. The highest BCUT2D eigenvalue weighted by atomic mass is 32.1. The van der Waals surface area contributed by atoms with E-state index in [0.29, 0.717) is 0 Å². The first-order valence-corrected chi connectivity index (χ1v) is 28.3. The summed E-state index contributed by atoms with van der Waals surface area (Å²) >= 11 is 1.91. The monoisotopic (exact) mass is 1010 g/mol. The molecule has 0 atom stereocenters. The number of aryl methyl sites for hydroxylation is 1. The maximum atomic E-state index is 7.47. The summed E-state index contributed by atoms with van der Waals surface area (Å²) < 4.78 is 15.1. The van der Waals surface area contributed by atoms with E-state index in [0.717, 1.165) is 42.1 Å². The van der Waals surface area contributed by atoms with Crippen molar-refractivity contribution < 1.29 is 4.74 Å². The molecule has 0 fully saturated rings. The van der Waals surface area contributed by atoms with Gasteiger partial charge in [-0.1, -0.05) is 155 Å². The van der Waals surface area contributed by atoms with Gasteiger partial charge in [0.25, 0.3) is 6.71 Å². The summed E-state index contributed by atoms with van der Waals surface area (Å²) in [6.07, 6.45) is 3.19. The maximum Gasteiger partial charge on any atom is 0.256 e. The molecule has 0 amide bonds. The fourth-order valence-electron chi connectivity index (χ4n) is 12.8. The summed E-state index contributed by atoms with van der Waals surface area (Å²) in [5.74, 6) is 1.84. The quantitative estimate of drug-likeness (QED) is 0.155. The number of hydrogen-bond acceptors (Lipinski definition) is 3. The normalized spacial score (nSPS) is 13.6. The van der Waals surface area contributed by atoms with E-state index in [4.69, 9.17) is 4.74 Å². The number of hydrogen-bond donors (Lipinski definition) is 0. The Labute approximate surface area is 451 Å². The average molecular weight is 1010 g/mol. The van der Waals surface area contributed by atoms with Crippen LogP contribution in [0.25, 0.3) is 75.2 Å². The van der Waals surface area contributed by atoms with Crippen LogP contribution in [0.2, 0.25) is 0 Å². The van der Waals surface area contributed by atoms with Crippen LogP contribution in [0.1, 0.15) is 104 Å². The predicted octanol–water partition coefficient (Wildman–Crippen LogP) is 17.9. The van der Waals surface area contributed by atoms with Crippen LogP contribution in [-0.2, 0) is 22.7 Å². The van der Waals surface area contributed by atoms with Gasteiger partial charge in [0.1, 0.15) is 11.5 Å². The minimum Gasteiger partial charge on any atom is -0.458 e. The molecule has 4 nitrogen and oxygen atoms in total. The van der Waals surface area contributed by atoms with E-state index in [-0.39, 0.29) is 23.0 Å². The number of aromatic nitrogens is 2. The maximum absolute atomic E-state index is 7.47. The third kappa shape index (κ3) is 7.09. The van der Waals surface area contributed by atoms with E-state index in [9.17, 15) is 0 Å². The number of benzene rings is 9. The second-order valence-corrected chi connectivity index (χ2v) is 25.9. The molecule has 0 spiro atoms. The van der Waals surface area contributed by atoms with Crippen LogP contribution < -0.4 is 26.0 Å². The summed E-state index contributed by atoms with van der Waals surface area (Å²) in [5.41, 5.74) is 19.6. The molecule has 2 aliphatic heterocycles. The van der Waals surface area contributed by atoms with Gasteiger partial charge in [0.05, 0.1) is 22.1 Å². The van der Waals surface area contributed by atoms with Crippen molar-refractivity contribution in [2.45, 2.75) is 105 Å². The van der Waals surface area contributed by atoms with Gasteiger partial charge in [-0.2, -0.15) is 0 Å². The lowest BCUT2D eigenvalue weighted by atomic mass is 9.34. The first-order chi connectivity index (χ1) is 36.5. The van der Waals surface area contributed by atoms with E-state index in [1.165, 1.54) is 119 Å². The van der Waals surface area contributed by atoms with Gasteiger partial charge in [-0.05, 0) is 153 Å². The molecule has 2 aliphatic rings. The molecule has 0 bridgehead atoms. The summed E-state index contributed by atoms with van der Waals surface area (Å²) in [4.78, 5) is 2.65. The lowest BCUT2D eigenvalue weighted by Gasteiger charge is -2.42. The Kier molecular flexibility index (Phi) is 10.3. The molecule has 5 heterocycles. The van der Waals surface area contributed by atoms with Gasteiger partial charge in [-0.15, -0.1) is 11.3 Å². The van der Waals surface area contributed by atoms with Gasteiger partial charge in [-0.25, -0.2) is 0 Å². The summed E-state index contributed by atoms with van der Waals surface area (Å²) in [7, 11) is 0. The van der Waals surface area contributed by atoms with Crippen LogP contribution in [-0.4, -0.2) is 15.8 Å². The van der Waals surface area contributed by atoms with Gasteiger partial charge in [0, 0.05) is 76.2 Å². The van der Waals surface area contributed by atoms with E-state index in [1.807, 2.05) is 11.3 Å². The van der Waals surface area contributed by atoms with Crippen LogP contribution in [0.15, 0.2) is 170 Å². The van der Waals surface area contributed by atoms with E-state index < -0.39 is 0 Å². The fraction of sp³-hybridized carbons (Fsp3) is 0.229. The topological polar surface area (TPSA) is 22.3 Å². The second kappa shape index (κ2) is 16.7. The van der Waals surface area contributed by atoms with Crippen LogP contribution in [0.3, 0.4) is 0 Å². The van der Waals surface area contributed by atoms with Crippen molar-refractivity contribution >= 4 is 115 Å². The van der Waals surface area contributed by atoms with Gasteiger partial charge in [0.2, 0.25) is 0 Å². The highest BCUT2D eigenvalue weighted by Crippen LogP contribution is 2.49. The van der Waals surface area contributed by atoms with Gasteiger partial charge in [0.15, 0.2) is 0 Å². The Bertz CT molecular complexity index is 4390. The molecular weight excluding hydrogens is 942 g/mol. The Balaban J connectivity index is 1.05. The highest BCUT2D eigenvalue weighted by molar-refractivity contribution is 7.25. The number of anilines is 3. The Hall–Kier alpha value is -7.54. The first-order valence-electron chi connectivity index (χ1n) is 27.5. The molecule has 0 unspecified atom stereocenters. The van der Waals surface area contributed by atoms with Crippen molar-refractivity contribution in [2.24, 2.45) is 0 Å². The Morgan fingerprint density at radius 2 is 1.01 bits per heavy atom. The molecule has 9 aromatic carbocycles. The van der Waals surface area contributed by atoms with Gasteiger partial charge in [-0.3, -0.25) is 0 Å².